The molecule has 0 radical (unpaired) electrons. The van der Waals surface area contributed by atoms with E-state index < -0.39 is 22.1 Å². The van der Waals surface area contributed by atoms with Crippen molar-refractivity contribution in [3.8, 4) is 6.07 Å². The topological polar surface area (TPSA) is 157 Å². The van der Waals surface area contributed by atoms with E-state index in [4.69, 9.17) is 11.0 Å². The number of hydrogen-bond acceptors (Lipinski definition) is 10. The Balaban J connectivity index is 1.75. The standard InChI is InChI=1S/C19H19FN8O2S/c1-19(9-31(29,30)28(2)18(22)27-19)13-6-12(3-4-14(13)20)26-17-16-15(24-10-25-17)5-11(7-21)8-23-16/h3-6,8,10,29-30H,9H2,1-2H3,(H2,22,27)(H,24,25,26)/t19-/m0/s1. The molecule has 5 N–H and O–H groups in total. The van der Waals surface area contributed by atoms with Crippen molar-refractivity contribution in [2.75, 3.05) is 18.1 Å². The molecule has 2 aromatic heterocycles. The first-order chi connectivity index (χ1) is 14.6. The molecule has 3 heterocycles. The summed E-state index contributed by atoms with van der Waals surface area (Å²) in [5, 5.41) is 12.1. The molecule has 0 saturated carbocycles. The summed E-state index contributed by atoms with van der Waals surface area (Å²) in [5.74, 6) is -0.501. The number of anilines is 2. The summed E-state index contributed by atoms with van der Waals surface area (Å²) in [6.07, 6.45) is 2.74. The number of pyridine rings is 1. The molecule has 0 fully saturated rings. The number of aromatic nitrogens is 3. The van der Waals surface area contributed by atoms with Crippen molar-refractivity contribution in [1.29, 1.82) is 5.26 Å². The Morgan fingerprint density at radius 1 is 1.29 bits per heavy atom. The van der Waals surface area contributed by atoms with Crippen LogP contribution in [-0.4, -0.2) is 47.1 Å². The van der Waals surface area contributed by atoms with Crippen LogP contribution in [0.25, 0.3) is 11.0 Å². The number of nitrogens with zero attached hydrogens (tertiary/aromatic N) is 6. The fourth-order valence-corrected chi connectivity index (χ4v) is 4.87. The van der Waals surface area contributed by atoms with Crippen LogP contribution in [0.5, 0.6) is 0 Å². The van der Waals surface area contributed by atoms with Gasteiger partial charge in [-0.1, -0.05) is 0 Å². The maximum Gasteiger partial charge on any atom is 0.210 e. The second-order valence-electron chi connectivity index (χ2n) is 7.26. The Hall–Kier alpha value is -3.53. The molecule has 12 heteroatoms. The molecule has 0 aliphatic carbocycles. The zero-order valence-electron chi connectivity index (χ0n) is 16.6. The zero-order chi connectivity index (χ0) is 22.4. The number of nitriles is 1. The van der Waals surface area contributed by atoms with Gasteiger partial charge in [-0.15, -0.1) is 10.8 Å². The fraction of sp³-hybridized carbons (Fsp3) is 0.211. The first-order valence-corrected chi connectivity index (χ1v) is 10.7. The Labute approximate surface area is 178 Å². The van der Waals surface area contributed by atoms with Gasteiger partial charge in [0, 0.05) is 24.5 Å². The van der Waals surface area contributed by atoms with E-state index in [0.29, 0.717) is 28.1 Å². The van der Waals surface area contributed by atoms with Crippen LogP contribution in [0.1, 0.15) is 18.1 Å². The number of nitrogens with two attached hydrogens (primary N) is 1. The summed E-state index contributed by atoms with van der Waals surface area (Å²) in [7, 11) is -1.83. The molecule has 0 amide bonds. The molecule has 3 aromatic rings. The number of benzene rings is 1. The Morgan fingerprint density at radius 3 is 2.77 bits per heavy atom. The van der Waals surface area contributed by atoms with Gasteiger partial charge in [0.2, 0.25) is 5.96 Å². The van der Waals surface area contributed by atoms with E-state index in [-0.39, 0.29) is 17.3 Å². The molecule has 1 atom stereocenters. The third-order valence-electron chi connectivity index (χ3n) is 5.01. The van der Waals surface area contributed by atoms with Gasteiger partial charge in [-0.2, -0.15) is 5.26 Å². The normalized spacial score (nSPS) is 21.3. The van der Waals surface area contributed by atoms with Crippen molar-refractivity contribution >= 4 is 39.3 Å². The molecule has 1 aromatic carbocycles. The minimum absolute atomic E-state index is 0.0918. The van der Waals surface area contributed by atoms with E-state index in [9.17, 15) is 13.5 Å². The van der Waals surface area contributed by atoms with Gasteiger partial charge >= 0.3 is 0 Å². The summed E-state index contributed by atoms with van der Waals surface area (Å²) in [6, 6.07) is 7.88. The molecule has 31 heavy (non-hydrogen) atoms. The van der Waals surface area contributed by atoms with E-state index >= 15 is 0 Å². The summed E-state index contributed by atoms with van der Waals surface area (Å²) < 4.78 is 36.6. The van der Waals surface area contributed by atoms with Crippen LogP contribution in [0.15, 0.2) is 41.8 Å². The number of aliphatic imine (C=N–C) groups is 1. The lowest BCUT2D eigenvalue weighted by atomic mass is 9.93. The van der Waals surface area contributed by atoms with E-state index in [2.05, 4.69) is 25.3 Å². The summed E-state index contributed by atoms with van der Waals surface area (Å²) in [6.45, 7) is 1.59. The lowest BCUT2D eigenvalue weighted by molar-refractivity contribution is 0.391. The molecule has 0 spiro atoms. The molecule has 4 rings (SSSR count). The average molecular weight is 442 g/mol. The van der Waals surface area contributed by atoms with Gasteiger partial charge in [-0.3, -0.25) is 9.11 Å². The van der Waals surface area contributed by atoms with Crippen LogP contribution >= 0.6 is 10.8 Å². The van der Waals surface area contributed by atoms with Crippen molar-refractivity contribution in [1.82, 2.24) is 19.3 Å². The minimum atomic E-state index is -3.26. The Kier molecular flexibility index (Phi) is 4.89. The molecule has 10 nitrogen and oxygen atoms in total. The molecule has 0 unspecified atom stereocenters. The number of rotatable bonds is 3. The summed E-state index contributed by atoms with van der Waals surface area (Å²) in [5.41, 5.74) is 6.48. The van der Waals surface area contributed by atoms with Gasteiger partial charge in [0.15, 0.2) is 5.82 Å². The Bertz CT molecular complexity index is 1260. The summed E-state index contributed by atoms with van der Waals surface area (Å²) >= 11 is 0. The third-order valence-corrected chi connectivity index (χ3v) is 7.02. The van der Waals surface area contributed by atoms with Crippen molar-refractivity contribution in [3.63, 3.8) is 0 Å². The predicted octanol–water partition coefficient (Wildman–Crippen LogP) is 2.92. The van der Waals surface area contributed by atoms with E-state index in [1.165, 1.54) is 37.8 Å². The molecule has 0 saturated heterocycles. The molecule has 1 aliphatic heterocycles. The first-order valence-electron chi connectivity index (χ1n) is 9.06. The van der Waals surface area contributed by atoms with Crippen LogP contribution in [0.3, 0.4) is 0 Å². The molecular formula is C19H19FN8O2S. The average Bonchev–Trinajstić information content (AvgIpc) is 2.72. The second kappa shape index (κ2) is 7.31. The number of guanidine groups is 1. The highest BCUT2D eigenvalue weighted by Gasteiger charge is 2.41. The zero-order valence-corrected chi connectivity index (χ0v) is 17.4. The van der Waals surface area contributed by atoms with Gasteiger partial charge in [-0.05, 0) is 31.2 Å². The van der Waals surface area contributed by atoms with Crippen LogP contribution in [0.2, 0.25) is 0 Å². The third kappa shape index (κ3) is 3.70. The van der Waals surface area contributed by atoms with Crippen LogP contribution < -0.4 is 11.1 Å². The number of hydrogen-bond donors (Lipinski definition) is 4. The highest BCUT2D eigenvalue weighted by molar-refractivity contribution is 8.22. The van der Waals surface area contributed by atoms with E-state index in [1.54, 1.807) is 13.0 Å². The first kappa shape index (κ1) is 20.7. The lowest BCUT2D eigenvalue weighted by Crippen LogP contribution is -2.47. The van der Waals surface area contributed by atoms with Crippen molar-refractivity contribution < 1.29 is 13.5 Å². The monoisotopic (exact) mass is 442 g/mol. The lowest BCUT2D eigenvalue weighted by Gasteiger charge is -2.49. The summed E-state index contributed by atoms with van der Waals surface area (Å²) in [4.78, 5) is 16.9. The fourth-order valence-electron chi connectivity index (χ4n) is 3.37. The maximum atomic E-state index is 14.8. The van der Waals surface area contributed by atoms with Crippen LogP contribution in [0, 0.1) is 17.1 Å². The van der Waals surface area contributed by atoms with Crippen molar-refractivity contribution in [2.45, 2.75) is 12.5 Å². The number of nitrogens with one attached hydrogen (secondary N) is 1. The quantitative estimate of drug-likeness (QED) is 0.479. The Morgan fingerprint density at radius 2 is 2.06 bits per heavy atom. The minimum Gasteiger partial charge on any atom is -0.369 e. The molecule has 0 bridgehead atoms. The SMILES string of the molecule is CN1C(N)=N[C@](C)(c2cc(Nc3ncnc4cc(C#N)cnc34)ccc2F)CS1(O)O. The van der Waals surface area contributed by atoms with E-state index in [1.807, 2.05) is 6.07 Å². The number of halogens is 1. The van der Waals surface area contributed by atoms with Gasteiger partial charge in [0.05, 0.1) is 16.8 Å². The van der Waals surface area contributed by atoms with Gasteiger partial charge < -0.3 is 11.1 Å². The van der Waals surface area contributed by atoms with Gasteiger partial charge in [0.1, 0.15) is 29.3 Å². The maximum absolute atomic E-state index is 14.8. The molecule has 160 valence electrons. The van der Waals surface area contributed by atoms with Gasteiger partial charge in [0.25, 0.3) is 0 Å². The predicted molar refractivity (Wildman–Crippen MR) is 116 cm³/mol. The van der Waals surface area contributed by atoms with Crippen molar-refractivity contribution in [2.24, 2.45) is 10.7 Å². The van der Waals surface area contributed by atoms with E-state index in [0.717, 1.165) is 4.31 Å². The smallest absolute Gasteiger partial charge is 0.210 e. The van der Waals surface area contributed by atoms with Crippen molar-refractivity contribution in [3.05, 3.63) is 53.7 Å². The highest BCUT2D eigenvalue weighted by Crippen LogP contribution is 2.51. The molecule has 1 aliphatic rings. The number of fused-ring (bicyclic) bond motifs is 1. The second-order valence-corrected chi connectivity index (χ2v) is 9.36. The van der Waals surface area contributed by atoms with Crippen LogP contribution in [-0.2, 0) is 5.54 Å². The highest BCUT2D eigenvalue weighted by atomic mass is 32.3. The van der Waals surface area contributed by atoms with Crippen LogP contribution in [0.4, 0.5) is 15.9 Å². The largest absolute Gasteiger partial charge is 0.369 e. The molecular weight excluding hydrogens is 423 g/mol. The van der Waals surface area contributed by atoms with Gasteiger partial charge in [-0.25, -0.2) is 28.6 Å².